The lowest BCUT2D eigenvalue weighted by Crippen LogP contribution is -2.20. The van der Waals surface area contributed by atoms with E-state index in [1.807, 2.05) is 54.6 Å². The summed E-state index contributed by atoms with van der Waals surface area (Å²) in [6.07, 6.45) is 0. The fraction of sp³-hybridized carbons (Fsp3) is 0.129. The van der Waals surface area contributed by atoms with Crippen LogP contribution in [0.2, 0.25) is 0 Å². The molecule has 3 N–H and O–H groups in total. The molecule has 1 amide bonds. The molecule has 1 atom stereocenters. The Morgan fingerprint density at radius 3 is 2.17 bits per heavy atom. The maximum atomic E-state index is 13.6. The number of carbonyl (C=O) groups excluding carboxylic acids is 2. The van der Waals surface area contributed by atoms with Crippen molar-refractivity contribution in [2.45, 2.75) is 17.1 Å². The predicted molar refractivity (Wildman–Crippen MR) is 166 cm³/mol. The molecule has 9 heteroatoms. The van der Waals surface area contributed by atoms with E-state index in [9.17, 15) is 9.59 Å². The van der Waals surface area contributed by atoms with E-state index >= 15 is 0 Å². The number of anilines is 3. The van der Waals surface area contributed by atoms with Gasteiger partial charge in [-0.1, -0.05) is 36.4 Å². The largest absolute Gasteiger partial charge is 0.497 e. The lowest BCUT2D eigenvalue weighted by atomic mass is 10.1. The van der Waals surface area contributed by atoms with Crippen LogP contribution in [0.4, 0.5) is 17.1 Å². The third kappa shape index (κ3) is 7.62. The summed E-state index contributed by atoms with van der Waals surface area (Å²) in [5.74, 6) is 0.950. The number of amides is 1. The number of rotatable bonds is 10. The van der Waals surface area contributed by atoms with Crippen LogP contribution in [0.1, 0.15) is 28.1 Å². The molecule has 0 fully saturated rings. The van der Waals surface area contributed by atoms with E-state index in [4.69, 9.17) is 21.7 Å². The van der Waals surface area contributed by atoms with Crippen molar-refractivity contribution in [1.29, 1.82) is 0 Å². The topological polar surface area (TPSA) is 88.7 Å². The van der Waals surface area contributed by atoms with E-state index in [0.29, 0.717) is 27.9 Å². The molecule has 204 valence electrons. The van der Waals surface area contributed by atoms with Crippen LogP contribution in [0, 0.1) is 0 Å². The number of thioether (sulfide) groups is 1. The van der Waals surface area contributed by atoms with Gasteiger partial charge in [-0.05, 0) is 79.3 Å². The lowest BCUT2D eigenvalue weighted by Gasteiger charge is -2.19. The zero-order chi connectivity index (χ0) is 28.5. The summed E-state index contributed by atoms with van der Waals surface area (Å²) < 4.78 is 10.8. The molecular weight excluding hydrogens is 542 g/mol. The molecule has 1 unspecified atom stereocenters. The number of benzene rings is 4. The standard InChI is InChI=1S/C31H29N3O4S2/c1-20(35)21-12-14-23(15-13-21)32-31(39)33-24-10-7-11-26(18-24)40-29(22-8-5-4-6-9-22)30(36)34-27-19-25(37-2)16-17-28(27)38-3/h4-19,29H,1-3H3,(H,34,36)(H2,32,33,39). The van der Waals surface area contributed by atoms with Crippen molar-refractivity contribution >= 4 is 57.8 Å². The highest BCUT2D eigenvalue weighted by atomic mass is 32.2. The van der Waals surface area contributed by atoms with Crippen molar-refractivity contribution in [2.75, 3.05) is 30.2 Å². The summed E-state index contributed by atoms with van der Waals surface area (Å²) in [5, 5.41) is 9.18. The number of carbonyl (C=O) groups is 2. The number of Topliss-reactive ketones (excluding diaryl/α,β-unsaturated/α-hetero) is 1. The third-order valence-corrected chi connectivity index (χ3v) is 7.35. The first kappa shape index (κ1) is 28.7. The molecule has 0 saturated carbocycles. The molecule has 40 heavy (non-hydrogen) atoms. The molecule has 0 aliphatic carbocycles. The molecule has 0 saturated heterocycles. The van der Waals surface area contributed by atoms with Gasteiger partial charge in [0, 0.05) is 27.9 Å². The number of hydrogen-bond acceptors (Lipinski definition) is 6. The van der Waals surface area contributed by atoms with Crippen molar-refractivity contribution in [1.82, 2.24) is 0 Å². The molecule has 4 rings (SSSR count). The highest BCUT2D eigenvalue weighted by Gasteiger charge is 2.23. The van der Waals surface area contributed by atoms with Crippen molar-refractivity contribution < 1.29 is 19.1 Å². The Balaban J connectivity index is 1.50. The average molecular weight is 572 g/mol. The normalized spacial score (nSPS) is 11.2. The molecule has 4 aromatic rings. The number of hydrogen-bond donors (Lipinski definition) is 3. The molecule has 0 heterocycles. The number of methoxy groups -OCH3 is 2. The van der Waals surface area contributed by atoms with E-state index in [2.05, 4.69) is 16.0 Å². The maximum Gasteiger partial charge on any atom is 0.242 e. The Hall–Kier alpha value is -4.34. The van der Waals surface area contributed by atoms with E-state index in [1.54, 1.807) is 56.7 Å². The van der Waals surface area contributed by atoms with Crippen molar-refractivity contribution in [3.63, 3.8) is 0 Å². The van der Waals surface area contributed by atoms with Gasteiger partial charge >= 0.3 is 0 Å². The molecule has 0 spiro atoms. The van der Waals surface area contributed by atoms with Crippen LogP contribution in [0.15, 0.2) is 102 Å². The number of ketones is 1. The number of nitrogens with one attached hydrogen (secondary N) is 3. The van der Waals surface area contributed by atoms with Crippen LogP contribution in [0.25, 0.3) is 0 Å². The summed E-state index contributed by atoms with van der Waals surface area (Å²) >= 11 is 6.91. The first-order valence-corrected chi connectivity index (χ1v) is 13.7. The minimum Gasteiger partial charge on any atom is -0.497 e. The van der Waals surface area contributed by atoms with Crippen LogP contribution < -0.4 is 25.4 Å². The van der Waals surface area contributed by atoms with Crippen molar-refractivity contribution in [3.8, 4) is 11.5 Å². The van der Waals surface area contributed by atoms with Gasteiger partial charge in [0.1, 0.15) is 16.7 Å². The fourth-order valence-corrected chi connectivity index (χ4v) is 5.19. The molecule has 7 nitrogen and oxygen atoms in total. The molecule has 0 bridgehead atoms. The van der Waals surface area contributed by atoms with Gasteiger partial charge in [-0.2, -0.15) is 0 Å². The summed E-state index contributed by atoms with van der Waals surface area (Å²) in [5.41, 5.74) is 3.55. The van der Waals surface area contributed by atoms with Crippen LogP contribution in [0.5, 0.6) is 11.5 Å². The zero-order valence-corrected chi connectivity index (χ0v) is 23.9. The second kappa shape index (κ2) is 13.6. The van der Waals surface area contributed by atoms with Gasteiger partial charge in [-0.3, -0.25) is 9.59 Å². The molecule has 0 aliphatic rings. The Labute approximate surface area is 243 Å². The molecule has 0 radical (unpaired) electrons. The predicted octanol–water partition coefficient (Wildman–Crippen LogP) is 7.19. The minimum absolute atomic E-state index is 0.00619. The summed E-state index contributed by atoms with van der Waals surface area (Å²) in [6.45, 7) is 1.53. The summed E-state index contributed by atoms with van der Waals surface area (Å²) in [7, 11) is 3.13. The SMILES string of the molecule is COc1ccc(OC)c(NC(=O)C(Sc2cccc(NC(=S)Nc3ccc(C(C)=O)cc3)c2)c2ccccc2)c1. The highest BCUT2D eigenvalue weighted by molar-refractivity contribution is 8.00. The number of thiocarbonyl (C=S) groups is 1. The molecular formula is C31H29N3O4S2. The highest BCUT2D eigenvalue weighted by Crippen LogP contribution is 2.38. The van der Waals surface area contributed by atoms with Crippen molar-refractivity contribution in [2.24, 2.45) is 0 Å². The monoisotopic (exact) mass is 571 g/mol. The second-order valence-electron chi connectivity index (χ2n) is 8.70. The van der Waals surface area contributed by atoms with E-state index < -0.39 is 5.25 Å². The van der Waals surface area contributed by atoms with Crippen LogP contribution >= 0.6 is 24.0 Å². The lowest BCUT2D eigenvalue weighted by molar-refractivity contribution is -0.115. The first-order valence-electron chi connectivity index (χ1n) is 12.4. The summed E-state index contributed by atoms with van der Waals surface area (Å²) in [4.78, 5) is 26.0. The van der Waals surface area contributed by atoms with Gasteiger partial charge in [0.05, 0.1) is 19.9 Å². The van der Waals surface area contributed by atoms with Gasteiger partial charge in [-0.15, -0.1) is 11.8 Å². The van der Waals surface area contributed by atoms with Gasteiger partial charge in [-0.25, -0.2) is 0 Å². The fourth-order valence-electron chi connectivity index (χ4n) is 3.88. The van der Waals surface area contributed by atoms with Crippen LogP contribution in [-0.2, 0) is 4.79 Å². The second-order valence-corrected chi connectivity index (χ2v) is 10.3. The first-order chi connectivity index (χ1) is 19.4. The van der Waals surface area contributed by atoms with Crippen molar-refractivity contribution in [3.05, 3.63) is 108 Å². The smallest absolute Gasteiger partial charge is 0.242 e. The van der Waals surface area contributed by atoms with Gasteiger partial charge in [0.15, 0.2) is 10.9 Å². The Kier molecular flexibility index (Phi) is 9.77. The molecule has 4 aromatic carbocycles. The van der Waals surface area contributed by atoms with Crippen LogP contribution in [-0.4, -0.2) is 31.0 Å². The maximum absolute atomic E-state index is 13.6. The van der Waals surface area contributed by atoms with Gasteiger partial charge in [0.25, 0.3) is 0 Å². The molecule has 0 aromatic heterocycles. The zero-order valence-electron chi connectivity index (χ0n) is 22.3. The average Bonchev–Trinajstić information content (AvgIpc) is 2.96. The van der Waals surface area contributed by atoms with Gasteiger partial charge < -0.3 is 25.4 Å². The number of ether oxygens (including phenoxy) is 2. The molecule has 0 aliphatic heterocycles. The van der Waals surface area contributed by atoms with E-state index in [1.165, 1.54) is 18.7 Å². The summed E-state index contributed by atoms with van der Waals surface area (Å²) in [6, 6.07) is 29.6. The Bertz CT molecular complexity index is 1490. The Morgan fingerprint density at radius 1 is 0.775 bits per heavy atom. The van der Waals surface area contributed by atoms with E-state index in [0.717, 1.165) is 21.8 Å². The quantitative estimate of drug-likeness (QED) is 0.105. The van der Waals surface area contributed by atoms with Gasteiger partial charge in [0.2, 0.25) is 5.91 Å². The van der Waals surface area contributed by atoms with Crippen LogP contribution in [0.3, 0.4) is 0 Å². The third-order valence-electron chi connectivity index (χ3n) is 5.90. The van der Waals surface area contributed by atoms with E-state index in [-0.39, 0.29) is 11.7 Å². The minimum atomic E-state index is -0.544. The Morgan fingerprint density at radius 2 is 1.50 bits per heavy atom.